The molecule has 1 saturated carbocycles. The van der Waals surface area contributed by atoms with Gasteiger partial charge in [0.15, 0.2) is 5.96 Å². The Morgan fingerprint density at radius 2 is 2.00 bits per heavy atom. The van der Waals surface area contributed by atoms with E-state index in [9.17, 15) is 0 Å². The summed E-state index contributed by atoms with van der Waals surface area (Å²) >= 11 is 0. The van der Waals surface area contributed by atoms with Crippen LogP contribution < -0.4 is 5.32 Å². The van der Waals surface area contributed by atoms with Crippen molar-refractivity contribution in [2.24, 2.45) is 16.8 Å². The molecule has 1 aliphatic heterocycles. The molecule has 2 aliphatic rings. The van der Waals surface area contributed by atoms with Gasteiger partial charge in [-0.05, 0) is 37.5 Å². The van der Waals surface area contributed by atoms with E-state index in [2.05, 4.69) is 22.1 Å². The molecule has 0 aromatic carbocycles. The van der Waals surface area contributed by atoms with Crippen LogP contribution in [-0.4, -0.2) is 37.5 Å². The van der Waals surface area contributed by atoms with Crippen molar-refractivity contribution in [1.82, 2.24) is 10.2 Å². The lowest BCUT2D eigenvalue weighted by Crippen LogP contribution is -2.42. The molecule has 0 aromatic rings. The fraction of sp³-hybridized carbons (Fsp3) is 0.929. The molecule has 2 rings (SSSR count). The van der Waals surface area contributed by atoms with Gasteiger partial charge in [0.1, 0.15) is 0 Å². The van der Waals surface area contributed by atoms with Crippen LogP contribution in [0.1, 0.15) is 45.4 Å². The zero-order chi connectivity index (χ0) is 12.1. The molecule has 1 N–H and O–H groups in total. The average molecular weight is 237 g/mol. The molecule has 98 valence electrons. The van der Waals surface area contributed by atoms with Crippen LogP contribution in [0.15, 0.2) is 4.99 Å². The minimum atomic E-state index is 0.859. The lowest BCUT2D eigenvalue weighted by molar-refractivity contribution is 0.280. The van der Waals surface area contributed by atoms with E-state index >= 15 is 0 Å². The summed E-state index contributed by atoms with van der Waals surface area (Å²) in [5.74, 6) is 2.91. The summed E-state index contributed by atoms with van der Waals surface area (Å²) in [6.07, 6.45) is 8.27. The third-order valence-electron chi connectivity index (χ3n) is 4.21. The second-order valence-corrected chi connectivity index (χ2v) is 5.76. The molecule has 3 heteroatoms. The van der Waals surface area contributed by atoms with E-state index in [0.717, 1.165) is 24.3 Å². The number of nitrogens with zero attached hydrogens (tertiary/aromatic N) is 2. The maximum absolute atomic E-state index is 4.40. The van der Waals surface area contributed by atoms with E-state index in [1.54, 1.807) is 0 Å². The first-order valence-corrected chi connectivity index (χ1v) is 7.25. The van der Waals surface area contributed by atoms with E-state index in [1.165, 1.54) is 51.6 Å². The molecule has 0 bridgehead atoms. The van der Waals surface area contributed by atoms with Gasteiger partial charge in [-0.15, -0.1) is 0 Å². The first kappa shape index (κ1) is 12.7. The monoisotopic (exact) mass is 237 g/mol. The van der Waals surface area contributed by atoms with Gasteiger partial charge in [-0.2, -0.15) is 0 Å². The molecule has 3 nitrogen and oxygen atoms in total. The van der Waals surface area contributed by atoms with Crippen LogP contribution in [0.4, 0.5) is 0 Å². The predicted molar refractivity (Wildman–Crippen MR) is 73.3 cm³/mol. The summed E-state index contributed by atoms with van der Waals surface area (Å²) in [5, 5.41) is 3.58. The van der Waals surface area contributed by atoms with Gasteiger partial charge < -0.3 is 10.2 Å². The van der Waals surface area contributed by atoms with Gasteiger partial charge in [-0.25, -0.2) is 0 Å². The number of likely N-dealkylation sites (tertiary alicyclic amines) is 1. The molecule has 2 unspecified atom stereocenters. The Balaban J connectivity index is 1.75. The standard InChI is InChI=1S/C14H27N3/c1-12-6-5-7-13(10-12)11-16-14(15-2)17-8-3-4-9-17/h12-13H,3-11H2,1-2H3,(H,15,16). The lowest BCUT2D eigenvalue weighted by Gasteiger charge is -2.29. The molecule has 2 atom stereocenters. The zero-order valence-electron chi connectivity index (χ0n) is 11.4. The number of rotatable bonds is 2. The van der Waals surface area contributed by atoms with Crippen molar-refractivity contribution in [1.29, 1.82) is 0 Å². The number of aliphatic imine (C=N–C) groups is 1. The number of nitrogens with one attached hydrogen (secondary N) is 1. The van der Waals surface area contributed by atoms with Crippen molar-refractivity contribution in [2.45, 2.75) is 45.4 Å². The Kier molecular flexibility index (Phi) is 4.69. The minimum absolute atomic E-state index is 0.859. The van der Waals surface area contributed by atoms with Gasteiger partial charge in [0.2, 0.25) is 0 Å². The zero-order valence-corrected chi connectivity index (χ0v) is 11.4. The van der Waals surface area contributed by atoms with Crippen LogP contribution in [0.2, 0.25) is 0 Å². The molecule has 1 aliphatic carbocycles. The molecule has 0 aromatic heterocycles. The third-order valence-corrected chi connectivity index (χ3v) is 4.21. The SMILES string of the molecule is CN=C(NCC1CCCC(C)C1)N1CCCC1. The Morgan fingerprint density at radius 1 is 1.24 bits per heavy atom. The van der Waals surface area contributed by atoms with Crippen LogP contribution >= 0.6 is 0 Å². The van der Waals surface area contributed by atoms with Crippen molar-refractivity contribution in [3.8, 4) is 0 Å². The Bertz CT molecular complexity index is 256. The first-order chi connectivity index (χ1) is 8.29. The van der Waals surface area contributed by atoms with Crippen molar-refractivity contribution in [3.63, 3.8) is 0 Å². The summed E-state index contributed by atoms with van der Waals surface area (Å²) in [7, 11) is 1.91. The fourth-order valence-electron chi connectivity index (χ4n) is 3.24. The van der Waals surface area contributed by atoms with E-state index in [0.29, 0.717) is 0 Å². The summed E-state index contributed by atoms with van der Waals surface area (Å²) in [6.45, 7) is 5.87. The van der Waals surface area contributed by atoms with Crippen LogP contribution in [0.3, 0.4) is 0 Å². The van der Waals surface area contributed by atoms with Gasteiger partial charge >= 0.3 is 0 Å². The summed E-state index contributed by atoms with van der Waals surface area (Å²) < 4.78 is 0. The largest absolute Gasteiger partial charge is 0.356 e. The van der Waals surface area contributed by atoms with Crippen LogP contribution in [0, 0.1) is 11.8 Å². The van der Waals surface area contributed by atoms with Crippen molar-refractivity contribution in [2.75, 3.05) is 26.7 Å². The number of hydrogen-bond donors (Lipinski definition) is 1. The molecule has 1 heterocycles. The molecular weight excluding hydrogens is 210 g/mol. The highest BCUT2D eigenvalue weighted by Crippen LogP contribution is 2.27. The first-order valence-electron chi connectivity index (χ1n) is 7.25. The van der Waals surface area contributed by atoms with Gasteiger partial charge in [-0.3, -0.25) is 4.99 Å². The van der Waals surface area contributed by atoms with E-state index in [-0.39, 0.29) is 0 Å². The highest BCUT2D eigenvalue weighted by Gasteiger charge is 2.20. The molecule has 0 amide bonds. The normalized spacial score (nSPS) is 30.7. The Hall–Kier alpha value is -0.730. The quantitative estimate of drug-likeness (QED) is 0.590. The number of guanidine groups is 1. The summed E-state index contributed by atoms with van der Waals surface area (Å²) in [6, 6.07) is 0. The topological polar surface area (TPSA) is 27.6 Å². The maximum atomic E-state index is 4.40. The summed E-state index contributed by atoms with van der Waals surface area (Å²) in [4.78, 5) is 6.80. The van der Waals surface area contributed by atoms with Gasteiger partial charge in [0.25, 0.3) is 0 Å². The average Bonchev–Trinajstić information content (AvgIpc) is 2.84. The second kappa shape index (κ2) is 6.27. The minimum Gasteiger partial charge on any atom is -0.356 e. The van der Waals surface area contributed by atoms with Crippen molar-refractivity contribution in [3.05, 3.63) is 0 Å². The number of hydrogen-bond acceptors (Lipinski definition) is 1. The van der Waals surface area contributed by atoms with E-state index in [1.807, 2.05) is 7.05 Å². The third kappa shape index (κ3) is 3.62. The second-order valence-electron chi connectivity index (χ2n) is 5.76. The predicted octanol–water partition coefficient (Wildman–Crippen LogP) is 2.48. The van der Waals surface area contributed by atoms with Gasteiger partial charge in [0.05, 0.1) is 0 Å². The van der Waals surface area contributed by atoms with Crippen LogP contribution in [0.5, 0.6) is 0 Å². The molecular formula is C14H27N3. The molecule has 2 fully saturated rings. The fourth-order valence-corrected chi connectivity index (χ4v) is 3.24. The van der Waals surface area contributed by atoms with Crippen LogP contribution in [0.25, 0.3) is 0 Å². The van der Waals surface area contributed by atoms with Crippen molar-refractivity contribution >= 4 is 5.96 Å². The van der Waals surface area contributed by atoms with Gasteiger partial charge in [-0.1, -0.05) is 19.8 Å². The molecule has 0 spiro atoms. The van der Waals surface area contributed by atoms with E-state index in [4.69, 9.17) is 0 Å². The molecule has 1 saturated heterocycles. The van der Waals surface area contributed by atoms with Crippen molar-refractivity contribution < 1.29 is 0 Å². The Morgan fingerprint density at radius 3 is 2.65 bits per heavy atom. The highest BCUT2D eigenvalue weighted by atomic mass is 15.3. The van der Waals surface area contributed by atoms with Crippen LogP contribution in [-0.2, 0) is 0 Å². The highest BCUT2D eigenvalue weighted by molar-refractivity contribution is 5.80. The smallest absolute Gasteiger partial charge is 0.193 e. The van der Waals surface area contributed by atoms with E-state index < -0.39 is 0 Å². The Labute approximate surface area is 106 Å². The maximum Gasteiger partial charge on any atom is 0.193 e. The molecule has 17 heavy (non-hydrogen) atoms. The van der Waals surface area contributed by atoms with Gasteiger partial charge in [0, 0.05) is 26.7 Å². The summed E-state index contributed by atoms with van der Waals surface area (Å²) in [5.41, 5.74) is 0. The lowest BCUT2D eigenvalue weighted by atomic mass is 9.82. The molecule has 0 radical (unpaired) electrons.